The first-order chi connectivity index (χ1) is 10.1. The Balaban J connectivity index is 1.63. The fourth-order valence-electron chi connectivity index (χ4n) is 2.43. The highest BCUT2D eigenvalue weighted by molar-refractivity contribution is 8.01. The van der Waals surface area contributed by atoms with Gasteiger partial charge < -0.3 is 15.3 Å². The summed E-state index contributed by atoms with van der Waals surface area (Å²) in [7, 11) is 0. The molecule has 2 N–H and O–H groups in total. The number of nitrogens with zero attached hydrogens (tertiary/aromatic N) is 3. The van der Waals surface area contributed by atoms with Crippen LogP contribution in [-0.4, -0.2) is 57.6 Å². The van der Waals surface area contributed by atoms with E-state index in [1.807, 2.05) is 0 Å². The number of nitrogens with one attached hydrogen (secondary N) is 1. The van der Waals surface area contributed by atoms with Crippen LogP contribution in [0.3, 0.4) is 0 Å². The van der Waals surface area contributed by atoms with Crippen LogP contribution in [0.1, 0.15) is 32.6 Å². The molecule has 1 aliphatic rings. The molecule has 1 aromatic rings. The molecule has 2 rings (SSSR count). The van der Waals surface area contributed by atoms with E-state index in [4.69, 9.17) is 5.11 Å². The lowest BCUT2D eigenvalue weighted by molar-refractivity contribution is -0.133. The Morgan fingerprint density at radius 2 is 2.38 bits per heavy atom. The molecule has 0 aromatic carbocycles. The highest BCUT2D eigenvalue weighted by Gasteiger charge is 2.17. The minimum absolute atomic E-state index is 0.0292. The third kappa shape index (κ3) is 5.80. The van der Waals surface area contributed by atoms with Crippen molar-refractivity contribution in [3.63, 3.8) is 0 Å². The number of piperidine rings is 1. The number of aromatic nitrogens is 2. The molecule has 118 valence electrons. The molecule has 0 bridgehead atoms. The molecule has 0 saturated carbocycles. The van der Waals surface area contributed by atoms with Crippen molar-refractivity contribution in [2.45, 2.75) is 43.0 Å². The van der Waals surface area contributed by atoms with Crippen LogP contribution in [0.4, 0.5) is 5.13 Å². The van der Waals surface area contributed by atoms with Crippen LogP contribution < -0.4 is 5.32 Å². The number of hydrogen-bond donors (Lipinski definition) is 2. The lowest BCUT2D eigenvalue weighted by Crippen LogP contribution is -2.38. The summed E-state index contributed by atoms with van der Waals surface area (Å²) >= 11 is 2.62. The second kappa shape index (κ2) is 8.55. The zero-order valence-electron chi connectivity index (χ0n) is 12.2. The normalized spacial score (nSPS) is 19.6. The van der Waals surface area contributed by atoms with Crippen molar-refractivity contribution >= 4 is 34.2 Å². The molecule has 1 aromatic heterocycles. The Morgan fingerprint density at radius 3 is 3.14 bits per heavy atom. The van der Waals surface area contributed by atoms with Gasteiger partial charge in [0.25, 0.3) is 0 Å². The molecule has 1 aliphatic heterocycles. The number of hydrogen-bond acceptors (Lipinski definition) is 7. The number of likely N-dealkylation sites (tertiary alicyclic amines) is 1. The average Bonchev–Trinajstić information content (AvgIpc) is 2.91. The van der Waals surface area contributed by atoms with E-state index in [1.54, 1.807) is 0 Å². The number of carbonyl (C=O) groups is 1. The van der Waals surface area contributed by atoms with Crippen LogP contribution in [0, 0.1) is 0 Å². The zero-order chi connectivity index (χ0) is 15.1. The number of anilines is 1. The molecule has 2 heterocycles. The smallest absolute Gasteiger partial charge is 0.313 e. The van der Waals surface area contributed by atoms with Gasteiger partial charge in [0.2, 0.25) is 5.13 Å². The van der Waals surface area contributed by atoms with Crippen LogP contribution in [0.2, 0.25) is 0 Å². The number of carboxylic acids is 1. The van der Waals surface area contributed by atoms with E-state index < -0.39 is 5.97 Å². The summed E-state index contributed by atoms with van der Waals surface area (Å²) in [5.74, 6) is -0.804. The third-order valence-corrected chi connectivity index (χ3v) is 5.56. The van der Waals surface area contributed by atoms with E-state index in [0.29, 0.717) is 10.4 Å². The van der Waals surface area contributed by atoms with Crippen LogP contribution in [0.25, 0.3) is 0 Å². The van der Waals surface area contributed by atoms with E-state index in [-0.39, 0.29) is 5.75 Å². The van der Waals surface area contributed by atoms with Crippen LogP contribution in [0.5, 0.6) is 0 Å². The second-order valence-corrected chi connectivity index (χ2v) is 7.42. The molecule has 0 aliphatic carbocycles. The Labute approximate surface area is 133 Å². The molecule has 1 fully saturated rings. The molecule has 0 spiro atoms. The molecule has 6 nitrogen and oxygen atoms in total. The Morgan fingerprint density at radius 1 is 1.52 bits per heavy atom. The fourth-order valence-corrected chi connectivity index (χ4v) is 3.93. The van der Waals surface area contributed by atoms with Gasteiger partial charge in [-0.2, -0.15) is 0 Å². The Hall–Kier alpha value is -0.860. The molecule has 0 radical (unpaired) electrons. The summed E-state index contributed by atoms with van der Waals surface area (Å²) in [6.07, 6.45) is 5.07. The highest BCUT2D eigenvalue weighted by atomic mass is 32.2. The van der Waals surface area contributed by atoms with Gasteiger partial charge >= 0.3 is 5.97 Å². The van der Waals surface area contributed by atoms with E-state index in [9.17, 15) is 4.79 Å². The monoisotopic (exact) mass is 330 g/mol. The number of thioether (sulfide) groups is 1. The average molecular weight is 330 g/mol. The first-order valence-electron chi connectivity index (χ1n) is 7.31. The van der Waals surface area contributed by atoms with Crippen molar-refractivity contribution in [3.05, 3.63) is 0 Å². The van der Waals surface area contributed by atoms with Crippen molar-refractivity contribution in [1.82, 2.24) is 15.1 Å². The van der Waals surface area contributed by atoms with Crippen molar-refractivity contribution in [1.29, 1.82) is 0 Å². The van der Waals surface area contributed by atoms with Crippen molar-refractivity contribution in [2.24, 2.45) is 0 Å². The summed E-state index contributed by atoms with van der Waals surface area (Å²) in [5.41, 5.74) is 0. The molecule has 1 unspecified atom stereocenters. The van der Waals surface area contributed by atoms with E-state index >= 15 is 0 Å². The largest absolute Gasteiger partial charge is 0.481 e. The van der Waals surface area contributed by atoms with Crippen LogP contribution in [0.15, 0.2) is 4.34 Å². The highest BCUT2D eigenvalue weighted by Crippen LogP contribution is 2.25. The van der Waals surface area contributed by atoms with Gasteiger partial charge in [-0.1, -0.05) is 29.5 Å². The summed E-state index contributed by atoms with van der Waals surface area (Å²) in [4.78, 5) is 13.0. The second-order valence-electron chi connectivity index (χ2n) is 5.22. The first kappa shape index (κ1) is 16.5. The zero-order valence-corrected chi connectivity index (χ0v) is 13.9. The van der Waals surface area contributed by atoms with E-state index in [1.165, 1.54) is 48.9 Å². The standard InChI is InChI=1S/C13H22N4O2S2/c1-10-5-2-3-7-17(10)8-4-6-14-12-15-16-13(21-12)20-9-11(18)19/h10H,2-9H2,1H3,(H,14,15)(H,18,19). The van der Waals surface area contributed by atoms with Crippen molar-refractivity contribution in [3.8, 4) is 0 Å². The number of carboxylic acid groups (broad SMARTS) is 1. The van der Waals surface area contributed by atoms with Crippen LogP contribution >= 0.6 is 23.1 Å². The predicted octanol–water partition coefficient (Wildman–Crippen LogP) is 2.39. The topological polar surface area (TPSA) is 78.3 Å². The molecule has 0 amide bonds. The van der Waals surface area contributed by atoms with Crippen molar-refractivity contribution < 1.29 is 9.90 Å². The molecule has 1 saturated heterocycles. The SMILES string of the molecule is CC1CCCCN1CCCNc1nnc(SCC(=O)O)s1. The lowest BCUT2D eigenvalue weighted by atomic mass is 10.0. The van der Waals surface area contributed by atoms with Gasteiger partial charge in [0.1, 0.15) is 0 Å². The fraction of sp³-hybridized carbons (Fsp3) is 0.769. The molecule has 21 heavy (non-hydrogen) atoms. The number of aliphatic carboxylic acids is 1. The molecular weight excluding hydrogens is 308 g/mol. The van der Waals surface area contributed by atoms with Gasteiger partial charge in [0.05, 0.1) is 5.75 Å². The maximum absolute atomic E-state index is 10.5. The predicted molar refractivity (Wildman–Crippen MR) is 86.3 cm³/mol. The summed E-state index contributed by atoms with van der Waals surface area (Å²) in [5, 5.41) is 20.6. The maximum Gasteiger partial charge on any atom is 0.313 e. The molecular formula is C13H22N4O2S2. The van der Waals surface area contributed by atoms with E-state index in [0.717, 1.165) is 24.6 Å². The Bertz CT molecular complexity index is 455. The minimum Gasteiger partial charge on any atom is -0.481 e. The number of rotatable bonds is 8. The lowest BCUT2D eigenvalue weighted by Gasteiger charge is -2.33. The van der Waals surface area contributed by atoms with Gasteiger partial charge in [0, 0.05) is 19.1 Å². The van der Waals surface area contributed by atoms with Crippen LogP contribution in [-0.2, 0) is 4.79 Å². The van der Waals surface area contributed by atoms with E-state index in [2.05, 4.69) is 27.3 Å². The molecule has 1 atom stereocenters. The van der Waals surface area contributed by atoms with Gasteiger partial charge in [-0.15, -0.1) is 10.2 Å². The van der Waals surface area contributed by atoms with Gasteiger partial charge in [0.15, 0.2) is 4.34 Å². The maximum atomic E-state index is 10.5. The first-order valence-corrected chi connectivity index (χ1v) is 9.11. The minimum atomic E-state index is -0.833. The summed E-state index contributed by atoms with van der Waals surface area (Å²) < 4.78 is 0.699. The quantitative estimate of drug-likeness (QED) is 0.559. The van der Waals surface area contributed by atoms with Gasteiger partial charge in [-0.3, -0.25) is 4.79 Å². The molecule has 8 heteroatoms. The third-order valence-electron chi connectivity index (χ3n) is 3.56. The Kier molecular flexibility index (Phi) is 6.72. The summed E-state index contributed by atoms with van der Waals surface area (Å²) in [6, 6.07) is 0.708. The van der Waals surface area contributed by atoms with Crippen molar-refractivity contribution in [2.75, 3.05) is 30.7 Å². The van der Waals surface area contributed by atoms with Gasteiger partial charge in [-0.05, 0) is 32.7 Å². The summed E-state index contributed by atoms with van der Waals surface area (Å²) in [6.45, 7) is 5.52. The van der Waals surface area contributed by atoms with Gasteiger partial charge in [-0.25, -0.2) is 0 Å².